The van der Waals surface area contributed by atoms with Crippen molar-refractivity contribution >= 4 is 22.4 Å². The van der Waals surface area contributed by atoms with Gasteiger partial charge in [0.1, 0.15) is 16.1 Å². The fourth-order valence-corrected chi connectivity index (χ4v) is 3.71. The quantitative estimate of drug-likeness (QED) is 0.509. The van der Waals surface area contributed by atoms with Crippen LogP contribution in [0.15, 0.2) is 33.5 Å². The van der Waals surface area contributed by atoms with Crippen LogP contribution in [0.4, 0.5) is 0 Å². The largest absolute Gasteiger partial charge is 0.493 e. The van der Waals surface area contributed by atoms with E-state index < -0.39 is 0 Å². The SMILES string of the molecule is COc1cc(-c2nc3s/c(=C\c4ccc(C)o4)c(=O)n3n2)cc(OC)c1OC. The molecule has 0 saturated carbocycles. The Bertz CT molecular complexity index is 1250. The fourth-order valence-electron chi connectivity index (χ4n) is 2.83. The Labute approximate surface area is 163 Å². The van der Waals surface area contributed by atoms with E-state index in [1.807, 2.05) is 19.1 Å². The van der Waals surface area contributed by atoms with Gasteiger partial charge in [0.2, 0.25) is 10.7 Å². The van der Waals surface area contributed by atoms with Crippen LogP contribution in [0.5, 0.6) is 17.2 Å². The Kier molecular flexibility index (Phi) is 4.52. The normalized spacial score (nSPS) is 11.9. The van der Waals surface area contributed by atoms with E-state index >= 15 is 0 Å². The molecule has 0 unspecified atom stereocenters. The highest BCUT2D eigenvalue weighted by atomic mass is 32.1. The average Bonchev–Trinajstić information content (AvgIpc) is 3.38. The minimum absolute atomic E-state index is 0.250. The molecule has 4 rings (SSSR count). The molecule has 0 fully saturated rings. The Balaban J connectivity index is 1.81. The van der Waals surface area contributed by atoms with E-state index in [2.05, 4.69) is 10.1 Å². The number of aromatic nitrogens is 3. The molecule has 1 aromatic carbocycles. The number of furan rings is 1. The number of methoxy groups -OCH3 is 3. The zero-order valence-corrected chi connectivity index (χ0v) is 16.5. The molecule has 0 aliphatic rings. The second-order valence-electron chi connectivity index (χ2n) is 5.91. The molecule has 144 valence electrons. The smallest absolute Gasteiger partial charge is 0.291 e. The van der Waals surface area contributed by atoms with Crippen molar-refractivity contribution in [2.24, 2.45) is 0 Å². The molecule has 0 aliphatic carbocycles. The number of hydrogen-bond acceptors (Lipinski definition) is 8. The zero-order valence-electron chi connectivity index (χ0n) is 15.7. The molecule has 28 heavy (non-hydrogen) atoms. The molecule has 4 aromatic rings. The summed E-state index contributed by atoms with van der Waals surface area (Å²) in [5.41, 5.74) is 0.400. The Morgan fingerprint density at radius 2 is 1.82 bits per heavy atom. The van der Waals surface area contributed by atoms with Crippen LogP contribution in [0, 0.1) is 6.92 Å². The molecule has 3 heterocycles. The van der Waals surface area contributed by atoms with Crippen molar-refractivity contribution in [3.63, 3.8) is 0 Å². The van der Waals surface area contributed by atoms with Crippen molar-refractivity contribution in [1.82, 2.24) is 14.6 Å². The molecule has 0 saturated heterocycles. The first kappa shape index (κ1) is 18.1. The van der Waals surface area contributed by atoms with E-state index in [9.17, 15) is 4.79 Å². The van der Waals surface area contributed by atoms with Gasteiger partial charge in [-0.15, -0.1) is 5.10 Å². The molecule has 8 nitrogen and oxygen atoms in total. The third kappa shape index (κ3) is 2.99. The van der Waals surface area contributed by atoms with E-state index in [0.717, 1.165) is 5.76 Å². The van der Waals surface area contributed by atoms with Crippen molar-refractivity contribution in [3.8, 4) is 28.6 Å². The summed E-state index contributed by atoms with van der Waals surface area (Å²) >= 11 is 1.25. The molecular weight excluding hydrogens is 382 g/mol. The lowest BCUT2D eigenvalue weighted by Crippen LogP contribution is -2.23. The van der Waals surface area contributed by atoms with Crippen LogP contribution in [0.1, 0.15) is 11.5 Å². The number of aryl methyl sites for hydroxylation is 1. The van der Waals surface area contributed by atoms with Gasteiger partial charge in [-0.1, -0.05) is 11.3 Å². The maximum atomic E-state index is 12.7. The van der Waals surface area contributed by atoms with Crippen molar-refractivity contribution in [1.29, 1.82) is 0 Å². The standard InChI is InChI=1S/C19H17N3O5S/c1-10-5-6-12(27-10)9-15-18(23)22-19(28-15)20-17(21-22)11-7-13(24-2)16(26-4)14(8-11)25-3/h5-9H,1-4H3/b15-9-. The molecule has 0 atom stereocenters. The molecule has 0 bridgehead atoms. The van der Waals surface area contributed by atoms with Crippen molar-refractivity contribution in [2.75, 3.05) is 21.3 Å². The van der Waals surface area contributed by atoms with Gasteiger partial charge >= 0.3 is 0 Å². The maximum Gasteiger partial charge on any atom is 0.291 e. The van der Waals surface area contributed by atoms with Gasteiger partial charge in [-0.25, -0.2) is 0 Å². The van der Waals surface area contributed by atoms with Crippen LogP contribution in [0.25, 0.3) is 22.4 Å². The van der Waals surface area contributed by atoms with Crippen LogP contribution in [0.3, 0.4) is 0 Å². The lowest BCUT2D eigenvalue weighted by atomic mass is 10.1. The Morgan fingerprint density at radius 1 is 1.11 bits per heavy atom. The van der Waals surface area contributed by atoms with Crippen LogP contribution >= 0.6 is 11.3 Å². The molecule has 0 spiro atoms. The van der Waals surface area contributed by atoms with E-state index in [-0.39, 0.29) is 5.56 Å². The predicted molar refractivity (Wildman–Crippen MR) is 104 cm³/mol. The first-order valence-electron chi connectivity index (χ1n) is 8.32. The summed E-state index contributed by atoms with van der Waals surface area (Å²) in [6.45, 7) is 1.85. The minimum Gasteiger partial charge on any atom is -0.493 e. The summed E-state index contributed by atoms with van der Waals surface area (Å²) in [5.74, 6) is 3.24. The van der Waals surface area contributed by atoms with E-state index in [0.29, 0.717) is 43.9 Å². The lowest BCUT2D eigenvalue weighted by Gasteiger charge is -2.12. The molecule has 9 heteroatoms. The summed E-state index contributed by atoms with van der Waals surface area (Å²) in [5, 5.41) is 4.36. The van der Waals surface area contributed by atoms with Crippen molar-refractivity contribution in [3.05, 3.63) is 50.7 Å². The van der Waals surface area contributed by atoms with Crippen molar-refractivity contribution < 1.29 is 18.6 Å². The summed E-state index contributed by atoms with van der Waals surface area (Å²) in [6, 6.07) is 7.13. The minimum atomic E-state index is -0.250. The third-order valence-corrected chi connectivity index (χ3v) is 5.10. The number of benzene rings is 1. The number of nitrogens with zero attached hydrogens (tertiary/aromatic N) is 3. The second kappa shape index (κ2) is 7.01. The number of thiazole rings is 1. The molecule has 0 aliphatic heterocycles. The van der Waals surface area contributed by atoms with Gasteiger partial charge in [0.15, 0.2) is 17.3 Å². The first-order chi connectivity index (χ1) is 13.5. The van der Waals surface area contributed by atoms with Crippen LogP contribution in [-0.4, -0.2) is 35.9 Å². The summed E-state index contributed by atoms with van der Waals surface area (Å²) < 4.78 is 23.3. The number of rotatable bonds is 5. The summed E-state index contributed by atoms with van der Waals surface area (Å²) in [6.07, 6.45) is 1.69. The van der Waals surface area contributed by atoms with E-state index in [1.165, 1.54) is 37.2 Å². The highest BCUT2D eigenvalue weighted by Crippen LogP contribution is 2.40. The first-order valence-corrected chi connectivity index (χ1v) is 9.14. The zero-order chi connectivity index (χ0) is 19.8. The molecule has 3 aromatic heterocycles. The van der Waals surface area contributed by atoms with E-state index in [4.69, 9.17) is 18.6 Å². The van der Waals surface area contributed by atoms with Gasteiger partial charge in [-0.2, -0.15) is 9.50 Å². The monoisotopic (exact) mass is 399 g/mol. The average molecular weight is 399 g/mol. The topological polar surface area (TPSA) is 88.1 Å². The number of hydrogen-bond donors (Lipinski definition) is 0. The maximum absolute atomic E-state index is 12.7. The van der Waals surface area contributed by atoms with Gasteiger partial charge in [-0.3, -0.25) is 4.79 Å². The van der Waals surface area contributed by atoms with Gasteiger partial charge in [0.05, 0.1) is 21.3 Å². The van der Waals surface area contributed by atoms with Crippen LogP contribution in [0.2, 0.25) is 0 Å². The second-order valence-corrected chi connectivity index (χ2v) is 6.92. The Hall–Kier alpha value is -3.33. The van der Waals surface area contributed by atoms with Gasteiger partial charge in [-0.05, 0) is 31.2 Å². The fraction of sp³-hybridized carbons (Fsp3) is 0.211. The highest BCUT2D eigenvalue weighted by molar-refractivity contribution is 7.15. The van der Waals surface area contributed by atoms with E-state index in [1.54, 1.807) is 18.2 Å². The van der Waals surface area contributed by atoms with Crippen molar-refractivity contribution in [2.45, 2.75) is 6.92 Å². The number of fused-ring (bicyclic) bond motifs is 1. The lowest BCUT2D eigenvalue weighted by molar-refractivity contribution is 0.324. The van der Waals surface area contributed by atoms with Gasteiger partial charge in [0, 0.05) is 11.6 Å². The predicted octanol–water partition coefficient (Wildman–Crippen LogP) is 2.29. The third-order valence-electron chi connectivity index (χ3n) is 4.14. The molecule has 0 N–H and O–H groups in total. The van der Waals surface area contributed by atoms with Crippen LogP contribution < -0.4 is 24.3 Å². The van der Waals surface area contributed by atoms with Gasteiger partial charge in [0.25, 0.3) is 5.56 Å². The number of ether oxygens (including phenoxy) is 3. The molecule has 0 radical (unpaired) electrons. The molecular formula is C19H17N3O5S. The Morgan fingerprint density at radius 3 is 2.36 bits per heavy atom. The summed E-state index contributed by atoms with van der Waals surface area (Å²) in [4.78, 5) is 17.6. The summed E-state index contributed by atoms with van der Waals surface area (Å²) in [7, 11) is 4.61. The van der Waals surface area contributed by atoms with Crippen LogP contribution in [-0.2, 0) is 0 Å². The molecule has 0 amide bonds. The highest BCUT2D eigenvalue weighted by Gasteiger charge is 2.18. The van der Waals surface area contributed by atoms with Gasteiger partial charge < -0.3 is 18.6 Å².